The number of rotatable bonds is 5. The highest BCUT2D eigenvalue weighted by molar-refractivity contribution is 8.01. The van der Waals surface area contributed by atoms with Gasteiger partial charge in [-0.2, -0.15) is 0 Å². The van der Waals surface area contributed by atoms with Crippen molar-refractivity contribution in [3.05, 3.63) is 71.6 Å². The molecule has 0 aliphatic rings. The van der Waals surface area contributed by atoms with Crippen molar-refractivity contribution >= 4 is 29.2 Å². The number of alkyl carbamates (subject to hydrolysis) is 1. The average Bonchev–Trinajstić information content (AvgIpc) is 3.07. The summed E-state index contributed by atoms with van der Waals surface area (Å²) in [5.74, 6) is 0. The van der Waals surface area contributed by atoms with Gasteiger partial charge < -0.3 is 10.1 Å². The molecule has 0 bridgehead atoms. The second-order valence-corrected chi connectivity index (χ2v) is 9.61. The SMILES string of the molecule is CC(C)(C)OC(=O)NCc1ccc(Sc2ccc(-c3ccccc3)cc2)s1. The minimum absolute atomic E-state index is 0.387. The summed E-state index contributed by atoms with van der Waals surface area (Å²) < 4.78 is 6.46. The third kappa shape index (κ3) is 6.15. The number of amides is 1. The maximum Gasteiger partial charge on any atom is 0.407 e. The molecule has 0 saturated carbocycles. The van der Waals surface area contributed by atoms with Crippen molar-refractivity contribution in [3.63, 3.8) is 0 Å². The van der Waals surface area contributed by atoms with Crippen LogP contribution in [0.1, 0.15) is 25.6 Å². The Balaban J connectivity index is 1.55. The predicted octanol–water partition coefficient (Wildman–Crippen LogP) is 6.59. The molecule has 3 rings (SSSR count). The molecule has 1 aromatic heterocycles. The maximum atomic E-state index is 11.7. The molecule has 0 unspecified atom stereocenters. The molecule has 1 amide bonds. The summed E-state index contributed by atoms with van der Waals surface area (Å²) in [7, 11) is 0. The molecule has 0 aliphatic heterocycles. The van der Waals surface area contributed by atoms with Crippen molar-refractivity contribution in [1.82, 2.24) is 5.32 Å². The average molecular weight is 398 g/mol. The normalized spacial score (nSPS) is 11.2. The van der Waals surface area contributed by atoms with Gasteiger partial charge in [-0.1, -0.05) is 54.2 Å². The highest BCUT2D eigenvalue weighted by Crippen LogP contribution is 2.34. The number of thiophene rings is 1. The molecule has 5 heteroatoms. The first-order valence-electron chi connectivity index (χ1n) is 8.78. The van der Waals surface area contributed by atoms with E-state index in [1.807, 2.05) is 32.9 Å². The van der Waals surface area contributed by atoms with Gasteiger partial charge in [-0.05, 0) is 56.2 Å². The molecule has 2 aromatic carbocycles. The van der Waals surface area contributed by atoms with E-state index in [-0.39, 0.29) is 6.09 Å². The molecule has 3 aromatic rings. The van der Waals surface area contributed by atoms with Gasteiger partial charge >= 0.3 is 6.09 Å². The lowest BCUT2D eigenvalue weighted by Crippen LogP contribution is -2.31. The van der Waals surface area contributed by atoms with E-state index < -0.39 is 5.60 Å². The Hall–Kier alpha value is -2.24. The van der Waals surface area contributed by atoms with E-state index in [4.69, 9.17) is 4.74 Å². The fraction of sp³-hybridized carbons (Fsp3) is 0.227. The second kappa shape index (κ2) is 8.63. The summed E-state index contributed by atoms with van der Waals surface area (Å²) in [5, 5.41) is 2.80. The number of hydrogen-bond acceptors (Lipinski definition) is 4. The van der Waals surface area contributed by atoms with Crippen LogP contribution in [0.2, 0.25) is 0 Å². The molecule has 1 N–H and O–H groups in total. The zero-order valence-corrected chi connectivity index (χ0v) is 17.3. The minimum atomic E-state index is -0.480. The van der Waals surface area contributed by atoms with E-state index in [1.54, 1.807) is 23.1 Å². The molecular formula is C22H23NO2S2. The molecule has 0 atom stereocenters. The number of nitrogens with one attached hydrogen (secondary N) is 1. The van der Waals surface area contributed by atoms with Crippen LogP contribution in [0.15, 0.2) is 75.8 Å². The molecule has 0 saturated heterocycles. The van der Waals surface area contributed by atoms with Crippen LogP contribution in [0.25, 0.3) is 11.1 Å². The third-order valence-corrected chi connectivity index (χ3v) is 5.85. The van der Waals surface area contributed by atoms with Crippen LogP contribution >= 0.6 is 23.1 Å². The molecule has 1 heterocycles. The zero-order valence-electron chi connectivity index (χ0n) is 15.7. The molecule has 140 valence electrons. The van der Waals surface area contributed by atoms with Crippen molar-refractivity contribution in [2.45, 2.75) is 42.0 Å². The Bertz CT molecular complexity index is 881. The summed E-state index contributed by atoms with van der Waals surface area (Å²) in [6, 6.07) is 23.1. The Morgan fingerprint density at radius 1 is 0.963 bits per heavy atom. The van der Waals surface area contributed by atoms with E-state index in [9.17, 15) is 4.79 Å². The highest BCUT2D eigenvalue weighted by atomic mass is 32.2. The van der Waals surface area contributed by atoms with Crippen LogP contribution in [0.5, 0.6) is 0 Å². The van der Waals surface area contributed by atoms with E-state index in [0.29, 0.717) is 6.54 Å². The van der Waals surface area contributed by atoms with Gasteiger partial charge in [0.2, 0.25) is 0 Å². The quantitative estimate of drug-likeness (QED) is 0.528. The van der Waals surface area contributed by atoms with Gasteiger partial charge in [0.05, 0.1) is 10.8 Å². The molecule has 0 radical (unpaired) electrons. The minimum Gasteiger partial charge on any atom is -0.444 e. The number of carbonyl (C=O) groups is 1. The Morgan fingerprint density at radius 2 is 1.63 bits per heavy atom. The van der Waals surface area contributed by atoms with Gasteiger partial charge in [-0.25, -0.2) is 4.79 Å². The number of carbonyl (C=O) groups excluding carboxylic acids is 1. The third-order valence-electron chi connectivity index (χ3n) is 3.62. The summed E-state index contributed by atoms with van der Waals surface area (Å²) >= 11 is 3.41. The van der Waals surface area contributed by atoms with Crippen LogP contribution in [-0.2, 0) is 11.3 Å². The molecule has 27 heavy (non-hydrogen) atoms. The van der Waals surface area contributed by atoms with E-state index >= 15 is 0 Å². The maximum absolute atomic E-state index is 11.7. The van der Waals surface area contributed by atoms with Crippen LogP contribution in [-0.4, -0.2) is 11.7 Å². The van der Waals surface area contributed by atoms with Gasteiger partial charge in [0, 0.05) is 9.77 Å². The Labute approximate surface area is 168 Å². The lowest BCUT2D eigenvalue weighted by Gasteiger charge is -2.19. The van der Waals surface area contributed by atoms with Crippen LogP contribution in [0.4, 0.5) is 4.79 Å². The topological polar surface area (TPSA) is 38.3 Å². The standard InChI is InChI=1S/C22H23NO2S2/c1-22(2,3)25-21(24)23-15-19-13-14-20(27-19)26-18-11-9-17(10-12-18)16-7-5-4-6-8-16/h4-14H,15H2,1-3H3,(H,23,24). The smallest absolute Gasteiger partial charge is 0.407 e. The van der Waals surface area contributed by atoms with Crippen molar-refractivity contribution in [1.29, 1.82) is 0 Å². The highest BCUT2D eigenvalue weighted by Gasteiger charge is 2.16. The first kappa shape index (κ1) is 19.5. The van der Waals surface area contributed by atoms with Crippen molar-refractivity contribution in [2.24, 2.45) is 0 Å². The van der Waals surface area contributed by atoms with Gasteiger partial charge in [-0.15, -0.1) is 11.3 Å². The summed E-state index contributed by atoms with van der Waals surface area (Å²) in [6.07, 6.45) is -0.387. The molecule has 0 aliphatic carbocycles. The first-order chi connectivity index (χ1) is 12.9. The lowest BCUT2D eigenvalue weighted by molar-refractivity contribution is 0.0524. The number of ether oxygens (including phenoxy) is 1. The fourth-order valence-corrected chi connectivity index (χ4v) is 4.54. The summed E-state index contributed by atoms with van der Waals surface area (Å²) in [6.45, 7) is 6.05. The van der Waals surface area contributed by atoms with E-state index in [0.717, 1.165) is 4.88 Å². The van der Waals surface area contributed by atoms with E-state index in [1.165, 1.54) is 20.2 Å². The van der Waals surface area contributed by atoms with Gasteiger partial charge in [0.1, 0.15) is 5.60 Å². The van der Waals surface area contributed by atoms with E-state index in [2.05, 4.69) is 59.9 Å². The van der Waals surface area contributed by atoms with Crippen molar-refractivity contribution in [2.75, 3.05) is 0 Å². The molecule has 3 nitrogen and oxygen atoms in total. The van der Waals surface area contributed by atoms with Crippen LogP contribution in [0, 0.1) is 0 Å². The second-order valence-electron chi connectivity index (χ2n) is 7.07. The summed E-state index contributed by atoms with van der Waals surface area (Å²) in [5.41, 5.74) is 1.96. The first-order valence-corrected chi connectivity index (χ1v) is 10.4. The number of benzene rings is 2. The monoisotopic (exact) mass is 397 g/mol. The van der Waals surface area contributed by atoms with Gasteiger partial charge in [0.25, 0.3) is 0 Å². The van der Waals surface area contributed by atoms with Crippen LogP contribution < -0.4 is 5.32 Å². The van der Waals surface area contributed by atoms with Crippen LogP contribution in [0.3, 0.4) is 0 Å². The molecular weight excluding hydrogens is 374 g/mol. The van der Waals surface area contributed by atoms with Gasteiger partial charge in [0.15, 0.2) is 0 Å². The predicted molar refractivity (Wildman–Crippen MR) is 113 cm³/mol. The lowest BCUT2D eigenvalue weighted by atomic mass is 10.1. The summed E-state index contributed by atoms with van der Waals surface area (Å²) in [4.78, 5) is 14.0. The van der Waals surface area contributed by atoms with Crippen molar-refractivity contribution < 1.29 is 9.53 Å². The zero-order chi connectivity index (χ0) is 19.3. The Morgan fingerprint density at radius 3 is 2.30 bits per heavy atom. The number of hydrogen-bond donors (Lipinski definition) is 1. The largest absolute Gasteiger partial charge is 0.444 e. The van der Waals surface area contributed by atoms with Gasteiger partial charge in [-0.3, -0.25) is 0 Å². The fourth-order valence-electron chi connectivity index (χ4n) is 2.44. The molecule has 0 fully saturated rings. The Kier molecular flexibility index (Phi) is 6.24. The molecule has 0 spiro atoms. The van der Waals surface area contributed by atoms with Crippen molar-refractivity contribution in [3.8, 4) is 11.1 Å².